The van der Waals surface area contributed by atoms with Crippen LogP contribution in [0, 0.1) is 5.41 Å². The molecule has 192 valence electrons. The molecule has 0 aliphatic heterocycles. The standard InChI is InChI=1S/C28H39NO5S/c1-9-33-25(30)15-19-10-12-23(32-8)24(14-19)34-22-13-11-20(26(31)29-18-27(2,3)4)16-21(22)17-35-28(5,6)7/h10-14,16H,9,15,17-18H2,1-8H3,(H,29,31). The normalized spacial score (nSPS) is 11.7. The maximum atomic E-state index is 12.8. The molecule has 1 amide bonds. The Bertz CT molecular complexity index is 1020. The molecule has 0 fully saturated rings. The van der Waals surface area contributed by atoms with E-state index in [2.05, 4.69) is 46.9 Å². The van der Waals surface area contributed by atoms with Crippen LogP contribution in [-0.2, 0) is 21.7 Å². The van der Waals surface area contributed by atoms with Crippen molar-refractivity contribution in [3.8, 4) is 17.2 Å². The summed E-state index contributed by atoms with van der Waals surface area (Å²) in [5, 5.41) is 3.01. The maximum Gasteiger partial charge on any atom is 0.310 e. The van der Waals surface area contributed by atoms with Crippen molar-refractivity contribution in [1.82, 2.24) is 5.32 Å². The van der Waals surface area contributed by atoms with Gasteiger partial charge in [0, 0.05) is 28.2 Å². The summed E-state index contributed by atoms with van der Waals surface area (Å²) in [6, 6.07) is 10.9. The molecule has 2 rings (SSSR count). The first-order valence-electron chi connectivity index (χ1n) is 11.9. The fourth-order valence-electron chi connectivity index (χ4n) is 3.08. The molecule has 0 saturated heterocycles. The van der Waals surface area contributed by atoms with Gasteiger partial charge in [0.05, 0.1) is 20.1 Å². The third-order valence-electron chi connectivity index (χ3n) is 4.86. The lowest BCUT2D eigenvalue weighted by Gasteiger charge is -2.21. The van der Waals surface area contributed by atoms with Gasteiger partial charge in [-0.05, 0) is 48.2 Å². The molecule has 0 aliphatic rings. The zero-order valence-electron chi connectivity index (χ0n) is 22.2. The molecule has 7 heteroatoms. The molecule has 0 unspecified atom stereocenters. The van der Waals surface area contributed by atoms with Gasteiger partial charge in [-0.1, -0.05) is 47.6 Å². The molecule has 0 spiro atoms. The first-order chi connectivity index (χ1) is 16.3. The SMILES string of the molecule is CCOC(=O)Cc1ccc(OC)c(Oc2ccc(C(=O)NCC(C)(C)C)cc2CSC(C)(C)C)c1. The number of benzene rings is 2. The van der Waals surface area contributed by atoms with E-state index in [-0.39, 0.29) is 28.5 Å². The molecule has 0 bridgehead atoms. The highest BCUT2D eigenvalue weighted by Gasteiger charge is 2.19. The molecule has 0 saturated carbocycles. The third-order valence-corrected chi connectivity index (χ3v) is 6.19. The van der Waals surface area contributed by atoms with Crippen molar-refractivity contribution in [2.75, 3.05) is 20.3 Å². The molecule has 0 atom stereocenters. The van der Waals surface area contributed by atoms with E-state index in [1.807, 2.05) is 18.2 Å². The van der Waals surface area contributed by atoms with E-state index in [4.69, 9.17) is 14.2 Å². The van der Waals surface area contributed by atoms with E-state index >= 15 is 0 Å². The van der Waals surface area contributed by atoms with E-state index in [0.717, 1.165) is 11.1 Å². The van der Waals surface area contributed by atoms with Gasteiger partial charge in [0.2, 0.25) is 0 Å². The minimum atomic E-state index is -0.295. The molecule has 6 nitrogen and oxygen atoms in total. The lowest BCUT2D eigenvalue weighted by Crippen LogP contribution is -2.32. The van der Waals surface area contributed by atoms with Crippen molar-refractivity contribution < 1.29 is 23.8 Å². The largest absolute Gasteiger partial charge is 0.493 e. The van der Waals surface area contributed by atoms with E-state index < -0.39 is 0 Å². The molecule has 0 heterocycles. The topological polar surface area (TPSA) is 73.9 Å². The Balaban J connectivity index is 2.37. The Morgan fingerprint density at radius 2 is 1.63 bits per heavy atom. The molecule has 2 aromatic carbocycles. The van der Waals surface area contributed by atoms with Crippen LogP contribution in [0.5, 0.6) is 17.2 Å². The number of amides is 1. The number of esters is 1. The Morgan fingerprint density at radius 1 is 0.943 bits per heavy atom. The molecule has 35 heavy (non-hydrogen) atoms. The molecule has 1 N–H and O–H groups in total. The maximum absolute atomic E-state index is 12.8. The number of nitrogens with one attached hydrogen (secondary N) is 1. The van der Waals surface area contributed by atoms with Crippen LogP contribution in [0.2, 0.25) is 0 Å². The summed E-state index contributed by atoms with van der Waals surface area (Å²) in [6.07, 6.45) is 0.147. The van der Waals surface area contributed by atoms with Crippen molar-refractivity contribution in [3.63, 3.8) is 0 Å². The molecular weight excluding hydrogens is 462 g/mol. The summed E-state index contributed by atoms with van der Waals surface area (Å²) < 4.78 is 16.9. The van der Waals surface area contributed by atoms with Crippen LogP contribution in [0.3, 0.4) is 0 Å². The highest BCUT2D eigenvalue weighted by molar-refractivity contribution is 7.99. The smallest absolute Gasteiger partial charge is 0.310 e. The average Bonchev–Trinajstić information content (AvgIpc) is 2.76. The summed E-state index contributed by atoms with van der Waals surface area (Å²) >= 11 is 1.77. The average molecular weight is 502 g/mol. The summed E-state index contributed by atoms with van der Waals surface area (Å²) in [7, 11) is 1.58. The zero-order valence-corrected chi connectivity index (χ0v) is 23.1. The lowest BCUT2D eigenvalue weighted by molar-refractivity contribution is -0.142. The first-order valence-corrected chi connectivity index (χ1v) is 12.9. The second kappa shape index (κ2) is 12.3. The Labute approximate surface area is 214 Å². The highest BCUT2D eigenvalue weighted by Crippen LogP contribution is 2.37. The van der Waals surface area contributed by atoms with E-state index in [0.29, 0.717) is 41.7 Å². The van der Waals surface area contributed by atoms with Crippen LogP contribution in [0.25, 0.3) is 0 Å². The first kappa shape index (κ1) is 28.6. The predicted molar refractivity (Wildman–Crippen MR) is 143 cm³/mol. The number of methoxy groups -OCH3 is 1. The Kier molecular flexibility index (Phi) is 10.1. The van der Waals surface area contributed by atoms with Crippen molar-refractivity contribution in [2.45, 2.75) is 65.4 Å². The number of carbonyl (C=O) groups excluding carboxylic acids is 2. The van der Waals surface area contributed by atoms with Crippen molar-refractivity contribution >= 4 is 23.6 Å². The number of hydrogen-bond donors (Lipinski definition) is 1. The summed E-state index contributed by atoms with van der Waals surface area (Å²) in [5.41, 5.74) is 2.26. The van der Waals surface area contributed by atoms with Crippen LogP contribution >= 0.6 is 11.8 Å². The quantitative estimate of drug-likeness (QED) is 0.380. The van der Waals surface area contributed by atoms with Gasteiger partial charge >= 0.3 is 5.97 Å². The third kappa shape index (κ3) is 9.84. The van der Waals surface area contributed by atoms with Crippen LogP contribution in [0.1, 0.15) is 70.0 Å². The van der Waals surface area contributed by atoms with E-state index in [9.17, 15) is 9.59 Å². The molecule has 2 aromatic rings. The molecular formula is C28H39NO5S. The number of ether oxygens (including phenoxy) is 3. The van der Waals surface area contributed by atoms with Crippen LogP contribution in [-0.4, -0.2) is 36.9 Å². The van der Waals surface area contributed by atoms with Gasteiger partial charge in [-0.25, -0.2) is 0 Å². The number of carbonyl (C=O) groups is 2. The van der Waals surface area contributed by atoms with E-state index in [1.54, 1.807) is 44.0 Å². The van der Waals surface area contributed by atoms with Crippen LogP contribution in [0.15, 0.2) is 36.4 Å². The molecule has 0 aliphatic carbocycles. The molecule has 0 aromatic heterocycles. The van der Waals surface area contributed by atoms with Gasteiger partial charge in [-0.3, -0.25) is 9.59 Å². The van der Waals surface area contributed by atoms with E-state index in [1.165, 1.54) is 0 Å². The Morgan fingerprint density at radius 3 is 2.23 bits per heavy atom. The predicted octanol–water partition coefficient (Wildman–Crippen LogP) is 6.40. The minimum Gasteiger partial charge on any atom is -0.493 e. The zero-order chi connectivity index (χ0) is 26.2. The van der Waals surface area contributed by atoms with Gasteiger partial charge in [-0.15, -0.1) is 0 Å². The Hall–Kier alpha value is -2.67. The molecule has 0 radical (unpaired) electrons. The van der Waals surface area contributed by atoms with Crippen LogP contribution in [0.4, 0.5) is 0 Å². The minimum absolute atomic E-state index is 0.00521. The fraction of sp³-hybridized carbons (Fsp3) is 0.500. The van der Waals surface area contributed by atoms with Gasteiger partial charge < -0.3 is 19.5 Å². The highest BCUT2D eigenvalue weighted by atomic mass is 32.2. The summed E-state index contributed by atoms with van der Waals surface area (Å²) in [4.78, 5) is 24.7. The van der Waals surface area contributed by atoms with Crippen LogP contribution < -0.4 is 14.8 Å². The van der Waals surface area contributed by atoms with Gasteiger partial charge in [0.15, 0.2) is 11.5 Å². The van der Waals surface area contributed by atoms with Crippen molar-refractivity contribution in [2.24, 2.45) is 5.41 Å². The number of hydrogen-bond acceptors (Lipinski definition) is 6. The van der Waals surface area contributed by atoms with Gasteiger partial charge in [-0.2, -0.15) is 11.8 Å². The second-order valence-electron chi connectivity index (χ2n) is 10.5. The van der Waals surface area contributed by atoms with Gasteiger partial charge in [0.25, 0.3) is 5.91 Å². The fourth-order valence-corrected chi connectivity index (χ4v) is 3.90. The summed E-state index contributed by atoms with van der Waals surface area (Å²) in [6.45, 7) is 15.4. The lowest BCUT2D eigenvalue weighted by atomic mass is 9.97. The summed E-state index contributed by atoms with van der Waals surface area (Å²) in [5.74, 6) is 1.96. The number of rotatable bonds is 10. The monoisotopic (exact) mass is 501 g/mol. The van der Waals surface area contributed by atoms with Crippen molar-refractivity contribution in [3.05, 3.63) is 53.1 Å². The van der Waals surface area contributed by atoms with Crippen molar-refractivity contribution in [1.29, 1.82) is 0 Å². The second-order valence-corrected chi connectivity index (χ2v) is 12.3. The van der Waals surface area contributed by atoms with Gasteiger partial charge in [0.1, 0.15) is 5.75 Å². The number of thioether (sulfide) groups is 1.